The first-order chi connectivity index (χ1) is 19.0. The highest BCUT2D eigenvalue weighted by Crippen LogP contribution is 2.45. The largest absolute Gasteiger partial charge is 0.369 e. The normalized spacial score (nSPS) is 22.2. The molecule has 5 rings (SSSR count). The molecule has 2 N–H and O–H groups in total. The molecule has 206 valence electrons. The third-order valence-corrected chi connectivity index (χ3v) is 8.50. The Balaban J connectivity index is 1.12. The van der Waals surface area contributed by atoms with Gasteiger partial charge in [-0.15, -0.1) is 0 Å². The van der Waals surface area contributed by atoms with Crippen molar-refractivity contribution in [1.82, 2.24) is 20.2 Å². The molecule has 3 aliphatic rings. The summed E-state index contributed by atoms with van der Waals surface area (Å²) in [5.74, 6) is 3.17. The van der Waals surface area contributed by atoms with Gasteiger partial charge in [-0.05, 0) is 68.0 Å². The summed E-state index contributed by atoms with van der Waals surface area (Å²) >= 11 is 0. The van der Waals surface area contributed by atoms with E-state index in [1.54, 1.807) is 25.3 Å². The molecule has 1 aromatic heterocycles. The van der Waals surface area contributed by atoms with E-state index in [0.717, 1.165) is 49.7 Å². The molecule has 2 aromatic rings. The van der Waals surface area contributed by atoms with Gasteiger partial charge in [-0.1, -0.05) is 38.0 Å². The van der Waals surface area contributed by atoms with Gasteiger partial charge in [0.1, 0.15) is 18.0 Å². The van der Waals surface area contributed by atoms with Gasteiger partial charge in [0.15, 0.2) is 0 Å². The summed E-state index contributed by atoms with van der Waals surface area (Å²) in [6.45, 7) is 10.1. The van der Waals surface area contributed by atoms with Crippen LogP contribution in [0, 0.1) is 11.8 Å². The molecule has 2 aliphatic carbocycles. The molecule has 3 fully saturated rings. The second-order valence-corrected chi connectivity index (χ2v) is 10.9. The van der Waals surface area contributed by atoms with Gasteiger partial charge in [0, 0.05) is 62.4 Å². The lowest BCUT2D eigenvalue weighted by atomic mass is 9.64. The molecule has 2 heterocycles. The van der Waals surface area contributed by atoms with Crippen LogP contribution in [0.3, 0.4) is 0 Å². The molecule has 1 saturated heterocycles. The minimum absolute atomic E-state index is 0.300. The molecule has 0 unspecified atom stereocenters. The third kappa shape index (κ3) is 6.50. The lowest BCUT2D eigenvalue weighted by molar-refractivity contribution is 0.0202. The molecule has 0 bridgehead atoms. The van der Waals surface area contributed by atoms with Crippen LogP contribution in [0.5, 0.6) is 0 Å². The Hall–Kier alpha value is -3.65. The first kappa shape index (κ1) is 26.9. The van der Waals surface area contributed by atoms with Crippen molar-refractivity contribution in [3.05, 3.63) is 73.2 Å². The van der Waals surface area contributed by atoms with E-state index in [2.05, 4.69) is 61.2 Å². The number of piperazine rings is 1. The zero-order valence-corrected chi connectivity index (χ0v) is 23.2. The third-order valence-electron chi connectivity index (χ3n) is 8.50. The summed E-state index contributed by atoms with van der Waals surface area (Å²) in [5.41, 5.74) is 2.85. The van der Waals surface area contributed by atoms with Crippen LogP contribution in [0.4, 0.5) is 27.8 Å². The molecule has 0 radical (unpaired) electrons. The second-order valence-electron chi connectivity index (χ2n) is 10.9. The van der Waals surface area contributed by atoms with E-state index in [4.69, 9.17) is 0 Å². The Kier molecular flexibility index (Phi) is 8.61. The number of allylic oxidation sites excluding steroid dienone is 4. The van der Waals surface area contributed by atoms with Crippen LogP contribution in [0.15, 0.2) is 73.2 Å². The summed E-state index contributed by atoms with van der Waals surface area (Å²) in [7, 11) is 1.68. The Bertz CT molecular complexity index is 1190. The van der Waals surface area contributed by atoms with Crippen molar-refractivity contribution in [3.63, 3.8) is 0 Å². The fraction of sp³-hybridized carbons (Fsp3) is 0.452. The maximum Gasteiger partial charge on any atom is 0.327 e. The number of anilines is 4. The number of aromatic nitrogens is 2. The van der Waals surface area contributed by atoms with Crippen molar-refractivity contribution in [2.24, 2.45) is 11.8 Å². The summed E-state index contributed by atoms with van der Waals surface area (Å²) in [6, 6.07) is 10.8. The van der Waals surface area contributed by atoms with Gasteiger partial charge in [-0.25, -0.2) is 14.8 Å². The number of amides is 2. The SMILES string of the molecule is C=C/C=C(\C=C/C)NC(=O)N(C)c1cc(Nc2ccc(N3CCN(C4CC(C5CCC5)C4)CC3)cc2)ncn1. The van der Waals surface area contributed by atoms with Crippen LogP contribution in [0.25, 0.3) is 0 Å². The molecule has 39 heavy (non-hydrogen) atoms. The highest BCUT2D eigenvalue weighted by Gasteiger charge is 2.40. The van der Waals surface area contributed by atoms with Crippen LogP contribution in [-0.4, -0.2) is 60.2 Å². The molecular weight excluding hydrogens is 486 g/mol. The van der Waals surface area contributed by atoms with E-state index in [0.29, 0.717) is 17.3 Å². The predicted octanol–water partition coefficient (Wildman–Crippen LogP) is 5.71. The van der Waals surface area contributed by atoms with Crippen molar-refractivity contribution in [3.8, 4) is 0 Å². The van der Waals surface area contributed by atoms with E-state index < -0.39 is 0 Å². The van der Waals surface area contributed by atoms with Gasteiger partial charge >= 0.3 is 6.03 Å². The van der Waals surface area contributed by atoms with Crippen LogP contribution < -0.4 is 20.4 Å². The molecule has 2 saturated carbocycles. The van der Waals surface area contributed by atoms with Crippen LogP contribution in [0.2, 0.25) is 0 Å². The lowest BCUT2D eigenvalue weighted by Gasteiger charge is -2.50. The summed E-state index contributed by atoms with van der Waals surface area (Å²) in [5, 5.41) is 6.19. The smallest absolute Gasteiger partial charge is 0.327 e. The second kappa shape index (κ2) is 12.5. The standard InChI is InChI=1S/C31H41N7O/c1-4-7-25(8-5-2)35-31(39)36(3)30-21-29(32-22-33-30)34-26-11-13-27(14-12-26)37-15-17-38(18-16-37)28-19-24(20-28)23-9-6-10-23/h4-5,7-8,11-14,21-24,28H,1,6,9-10,15-20H2,2-3H3,(H,35,39)(H,32,33,34)/b8-5-,25-7+. The maximum absolute atomic E-state index is 12.7. The van der Waals surface area contributed by atoms with E-state index in [1.165, 1.54) is 49.0 Å². The van der Waals surface area contributed by atoms with Crippen LogP contribution >= 0.6 is 0 Å². The first-order valence-corrected chi connectivity index (χ1v) is 14.2. The highest BCUT2D eigenvalue weighted by molar-refractivity contribution is 5.92. The zero-order chi connectivity index (χ0) is 27.2. The van der Waals surface area contributed by atoms with E-state index in [-0.39, 0.29) is 6.03 Å². The van der Waals surface area contributed by atoms with Gasteiger partial charge in [0.2, 0.25) is 0 Å². The van der Waals surface area contributed by atoms with E-state index >= 15 is 0 Å². The Morgan fingerprint density at radius 3 is 2.46 bits per heavy atom. The Morgan fingerprint density at radius 1 is 1.08 bits per heavy atom. The van der Waals surface area contributed by atoms with Gasteiger partial charge in [-0.3, -0.25) is 9.80 Å². The molecule has 8 nitrogen and oxygen atoms in total. The van der Waals surface area contributed by atoms with Gasteiger partial charge in [-0.2, -0.15) is 0 Å². The molecule has 8 heteroatoms. The van der Waals surface area contributed by atoms with Crippen molar-refractivity contribution < 1.29 is 4.79 Å². The number of urea groups is 1. The monoisotopic (exact) mass is 527 g/mol. The minimum atomic E-state index is -0.300. The topological polar surface area (TPSA) is 76.6 Å². The van der Waals surface area contributed by atoms with Crippen molar-refractivity contribution >= 4 is 29.0 Å². The number of carbonyl (C=O) groups excluding carboxylic acids is 1. The molecular formula is C31H41N7O. The van der Waals surface area contributed by atoms with Gasteiger partial charge < -0.3 is 15.5 Å². The van der Waals surface area contributed by atoms with E-state index in [1.807, 2.05) is 19.1 Å². The Labute approximate surface area is 232 Å². The minimum Gasteiger partial charge on any atom is -0.369 e. The number of carbonyl (C=O) groups is 1. The van der Waals surface area contributed by atoms with Gasteiger partial charge in [0.25, 0.3) is 0 Å². The average Bonchev–Trinajstić information content (AvgIpc) is 2.90. The molecule has 1 aromatic carbocycles. The number of hydrogen-bond acceptors (Lipinski definition) is 6. The first-order valence-electron chi connectivity index (χ1n) is 14.2. The molecule has 0 atom stereocenters. The van der Waals surface area contributed by atoms with Crippen LogP contribution in [-0.2, 0) is 0 Å². The number of hydrogen-bond donors (Lipinski definition) is 2. The maximum atomic E-state index is 12.7. The van der Waals surface area contributed by atoms with Crippen molar-refractivity contribution in [2.45, 2.75) is 45.1 Å². The summed E-state index contributed by atoms with van der Waals surface area (Å²) in [4.78, 5) is 28.0. The Morgan fingerprint density at radius 2 is 1.82 bits per heavy atom. The highest BCUT2D eigenvalue weighted by atomic mass is 16.2. The van der Waals surface area contributed by atoms with E-state index in [9.17, 15) is 4.79 Å². The molecule has 1 aliphatic heterocycles. The molecule has 0 spiro atoms. The number of rotatable bonds is 9. The van der Waals surface area contributed by atoms with Crippen molar-refractivity contribution in [1.29, 1.82) is 0 Å². The number of benzene rings is 1. The fourth-order valence-corrected chi connectivity index (χ4v) is 5.83. The predicted molar refractivity (Wildman–Crippen MR) is 159 cm³/mol. The van der Waals surface area contributed by atoms with Crippen molar-refractivity contribution in [2.75, 3.05) is 48.3 Å². The quantitative estimate of drug-likeness (QED) is 0.407. The number of nitrogens with zero attached hydrogens (tertiary/aromatic N) is 5. The fourth-order valence-electron chi connectivity index (χ4n) is 5.83. The zero-order valence-electron chi connectivity index (χ0n) is 23.2. The van der Waals surface area contributed by atoms with Gasteiger partial charge in [0.05, 0.1) is 0 Å². The van der Waals surface area contributed by atoms with Crippen LogP contribution in [0.1, 0.15) is 39.0 Å². The summed E-state index contributed by atoms with van der Waals surface area (Å²) < 4.78 is 0. The average molecular weight is 528 g/mol. The summed E-state index contributed by atoms with van der Waals surface area (Å²) in [6.07, 6.45) is 15.8. The molecule has 2 amide bonds. The lowest BCUT2D eigenvalue weighted by Crippen LogP contribution is -2.55. The number of nitrogens with one attached hydrogen (secondary N) is 2.